The number of para-hydroxylation sites is 1. The van der Waals surface area contributed by atoms with E-state index in [0.29, 0.717) is 16.7 Å². The number of likely N-dealkylation sites (tertiary alicyclic amines) is 1. The van der Waals surface area contributed by atoms with Gasteiger partial charge in [-0.05, 0) is 43.5 Å². The molecule has 6 heteroatoms. The number of aromatic nitrogens is 1. The van der Waals surface area contributed by atoms with Crippen LogP contribution in [0.3, 0.4) is 0 Å². The fourth-order valence-electron chi connectivity index (χ4n) is 2.91. The van der Waals surface area contributed by atoms with E-state index in [-0.39, 0.29) is 5.91 Å². The number of benzene rings is 1. The molecule has 2 aromatic heterocycles. The van der Waals surface area contributed by atoms with Crippen LogP contribution < -0.4 is 0 Å². The van der Waals surface area contributed by atoms with E-state index in [9.17, 15) is 4.79 Å². The maximum atomic E-state index is 12.3. The maximum Gasteiger partial charge on any atom is 0.289 e. The third-order valence-electron chi connectivity index (χ3n) is 4.20. The minimum Gasteiger partial charge on any atom is -0.455 e. The summed E-state index contributed by atoms with van der Waals surface area (Å²) in [7, 11) is 0. The van der Waals surface area contributed by atoms with Gasteiger partial charge in [0.05, 0.1) is 5.75 Å². The molecule has 124 valence electrons. The summed E-state index contributed by atoms with van der Waals surface area (Å²) in [6.07, 6.45) is 2.15. The number of hydrogen-bond donors (Lipinski definition) is 0. The second-order valence-electron chi connectivity index (χ2n) is 5.96. The van der Waals surface area contributed by atoms with E-state index in [1.807, 2.05) is 36.1 Å². The normalized spacial score (nSPS) is 14.6. The Hall–Kier alpha value is -2.21. The molecule has 3 aromatic rings. The SMILES string of the molecule is Cc1cccc2oc(SCc3ccc(C(=O)N4CCCC4)o3)nc12. The lowest BCUT2D eigenvalue weighted by Crippen LogP contribution is -2.27. The van der Waals surface area contributed by atoms with E-state index in [0.717, 1.165) is 48.4 Å². The summed E-state index contributed by atoms with van der Waals surface area (Å²) in [5.41, 5.74) is 2.78. The Bertz CT molecular complexity index is 877. The molecule has 5 nitrogen and oxygen atoms in total. The third kappa shape index (κ3) is 2.94. The molecule has 4 rings (SSSR count). The molecule has 1 saturated heterocycles. The summed E-state index contributed by atoms with van der Waals surface area (Å²) >= 11 is 1.47. The number of nitrogens with zero attached hydrogens (tertiary/aromatic N) is 2. The van der Waals surface area contributed by atoms with Crippen molar-refractivity contribution in [1.82, 2.24) is 9.88 Å². The molecule has 0 aliphatic carbocycles. The van der Waals surface area contributed by atoms with E-state index in [1.54, 1.807) is 6.07 Å². The molecule has 1 aromatic carbocycles. The first-order valence-electron chi connectivity index (χ1n) is 8.07. The average molecular weight is 342 g/mol. The van der Waals surface area contributed by atoms with Gasteiger partial charge in [0.2, 0.25) is 0 Å². The predicted octanol–water partition coefficient (Wildman–Crippen LogP) is 4.26. The fraction of sp³-hybridized carbons (Fsp3) is 0.333. The molecular formula is C18H18N2O3S. The number of oxazole rings is 1. The van der Waals surface area contributed by atoms with E-state index >= 15 is 0 Å². The molecule has 0 bridgehead atoms. The second kappa shape index (κ2) is 6.36. The second-order valence-corrected chi connectivity index (χ2v) is 6.88. The van der Waals surface area contributed by atoms with E-state index in [4.69, 9.17) is 8.83 Å². The van der Waals surface area contributed by atoms with Gasteiger partial charge in [-0.2, -0.15) is 0 Å². The predicted molar refractivity (Wildman–Crippen MR) is 92.2 cm³/mol. The molecule has 1 aliphatic rings. The van der Waals surface area contributed by atoms with Gasteiger partial charge in [-0.3, -0.25) is 4.79 Å². The molecule has 0 atom stereocenters. The van der Waals surface area contributed by atoms with Crippen LogP contribution in [0.4, 0.5) is 0 Å². The van der Waals surface area contributed by atoms with Gasteiger partial charge in [0.1, 0.15) is 11.3 Å². The van der Waals surface area contributed by atoms with E-state index in [2.05, 4.69) is 4.98 Å². The molecule has 3 heterocycles. The molecular weight excluding hydrogens is 324 g/mol. The number of aryl methyl sites for hydroxylation is 1. The Kier molecular flexibility index (Phi) is 4.06. The molecule has 0 spiro atoms. The first-order chi connectivity index (χ1) is 11.7. The molecule has 0 saturated carbocycles. The monoisotopic (exact) mass is 342 g/mol. The molecule has 1 amide bonds. The van der Waals surface area contributed by atoms with Crippen LogP contribution in [0, 0.1) is 6.92 Å². The summed E-state index contributed by atoms with van der Waals surface area (Å²) in [6, 6.07) is 9.50. The quantitative estimate of drug-likeness (QED) is 0.663. The Morgan fingerprint density at radius 3 is 2.83 bits per heavy atom. The highest BCUT2D eigenvalue weighted by Gasteiger charge is 2.22. The van der Waals surface area contributed by atoms with Crippen molar-refractivity contribution in [3.8, 4) is 0 Å². The van der Waals surface area contributed by atoms with Crippen LogP contribution in [0.5, 0.6) is 0 Å². The minimum absolute atomic E-state index is 0.0127. The zero-order chi connectivity index (χ0) is 16.5. The van der Waals surface area contributed by atoms with Crippen molar-refractivity contribution >= 4 is 28.8 Å². The van der Waals surface area contributed by atoms with Gasteiger partial charge in [-0.1, -0.05) is 23.9 Å². The Labute approximate surface area is 144 Å². The highest BCUT2D eigenvalue weighted by atomic mass is 32.2. The van der Waals surface area contributed by atoms with E-state index < -0.39 is 0 Å². The number of hydrogen-bond acceptors (Lipinski definition) is 5. The maximum absolute atomic E-state index is 12.3. The van der Waals surface area contributed by atoms with Gasteiger partial charge in [-0.15, -0.1) is 0 Å². The fourth-order valence-corrected chi connectivity index (χ4v) is 3.63. The summed E-state index contributed by atoms with van der Waals surface area (Å²) in [5, 5.41) is 0.614. The van der Waals surface area contributed by atoms with Crippen LogP contribution >= 0.6 is 11.8 Å². The molecule has 0 unspecified atom stereocenters. The Morgan fingerprint density at radius 1 is 1.21 bits per heavy atom. The molecule has 1 fully saturated rings. The summed E-state index contributed by atoms with van der Waals surface area (Å²) < 4.78 is 11.4. The number of thioether (sulfide) groups is 1. The summed E-state index contributed by atoms with van der Waals surface area (Å²) in [5.74, 6) is 1.74. The first-order valence-corrected chi connectivity index (χ1v) is 9.06. The number of fused-ring (bicyclic) bond motifs is 1. The van der Waals surface area contributed by atoms with Gasteiger partial charge in [0, 0.05) is 13.1 Å². The van der Waals surface area contributed by atoms with Crippen molar-refractivity contribution in [3.05, 3.63) is 47.4 Å². The molecule has 0 N–H and O–H groups in total. The van der Waals surface area contributed by atoms with Crippen LogP contribution in [0.25, 0.3) is 11.1 Å². The van der Waals surface area contributed by atoms with Gasteiger partial charge in [0.15, 0.2) is 11.3 Å². The highest BCUT2D eigenvalue weighted by Crippen LogP contribution is 2.28. The van der Waals surface area contributed by atoms with Gasteiger partial charge in [-0.25, -0.2) is 4.98 Å². The van der Waals surface area contributed by atoms with Gasteiger partial charge >= 0.3 is 0 Å². The lowest BCUT2D eigenvalue weighted by Gasteiger charge is -2.12. The summed E-state index contributed by atoms with van der Waals surface area (Å²) in [6.45, 7) is 3.67. The number of rotatable bonds is 4. The molecule has 1 aliphatic heterocycles. The highest BCUT2D eigenvalue weighted by molar-refractivity contribution is 7.98. The van der Waals surface area contributed by atoms with Crippen molar-refractivity contribution in [3.63, 3.8) is 0 Å². The zero-order valence-corrected chi connectivity index (χ0v) is 14.3. The average Bonchev–Trinajstić information content (AvgIpc) is 3.32. The Balaban J connectivity index is 1.44. The largest absolute Gasteiger partial charge is 0.455 e. The smallest absolute Gasteiger partial charge is 0.289 e. The molecule has 0 radical (unpaired) electrons. The van der Waals surface area contributed by atoms with Gasteiger partial charge < -0.3 is 13.7 Å². The van der Waals surface area contributed by atoms with Crippen molar-refractivity contribution in [1.29, 1.82) is 0 Å². The van der Waals surface area contributed by atoms with Crippen molar-refractivity contribution in [2.75, 3.05) is 13.1 Å². The first kappa shape index (κ1) is 15.3. The van der Waals surface area contributed by atoms with Crippen LogP contribution in [-0.2, 0) is 5.75 Å². The minimum atomic E-state index is -0.0127. The van der Waals surface area contributed by atoms with Crippen molar-refractivity contribution in [2.24, 2.45) is 0 Å². The topological polar surface area (TPSA) is 59.5 Å². The molecule has 24 heavy (non-hydrogen) atoms. The standard InChI is InChI=1S/C18H18N2O3S/c1-12-5-4-6-14-16(12)19-18(23-14)24-11-13-7-8-15(22-13)17(21)20-9-2-3-10-20/h4-8H,2-3,9-11H2,1H3. The number of carbonyl (C=O) groups is 1. The third-order valence-corrected chi connectivity index (χ3v) is 5.06. The lowest BCUT2D eigenvalue weighted by molar-refractivity contribution is 0.0760. The van der Waals surface area contributed by atoms with Crippen LogP contribution in [0.15, 0.2) is 44.4 Å². The van der Waals surface area contributed by atoms with Gasteiger partial charge in [0.25, 0.3) is 11.1 Å². The zero-order valence-electron chi connectivity index (χ0n) is 13.4. The number of furan rings is 1. The number of amides is 1. The van der Waals surface area contributed by atoms with E-state index in [1.165, 1.54) is 11.8 Å². The van der Waals surface area contributed by atoms with Crippen LogP contribution in [0.1, 0.15) is 34.7 Å². The number of carbonyl (C=O) groups excluding carboxylic acids is 1. The Morgan fingerprint density at radius 2 is 2.04 bits per heavy atom. The van der Waals surface area contributed by atoms with Crippen molar-refractivity contribution < 1.29 is 13.6 Å². The van der Waals surface area contributed by atoms with Crippen molar-refractivity contribution in [2.45, 2.75) is 30.7 Å². The van der Waals surface area contributed by atoms with Crippen LogP contribution in [0.2, 0.25) is 0 Å². The summed E-state index contributed by atoms with van der Waals surface area (Å²) in [4.78, 5) is 18.6. The van der Waals surface area contributed by atoms with Crippen LogP contribution in [-0.4, -0.2) is 28.9 Å². The lowest BCUT2D eigenvalue weighted by atomic mass is 10.2.